The van der Waals surface area contributed by atoms with Gasteiger partial charge in [0.25, 0.3) is 0 Å². The van der Waals surface area contributed by atoms with Crippen molar-refractivity contribution < 1.29 is 30.0 Å². The van der Waals surface area contributed by atoms with Crippen LogP contribution in [0.2, 0.25) is 0 Å². The lowest BCUT2D eigenvalue weighted by Crippen LogP contribution is -2.23. The van der Waals surface area contributed by atoms with E-state index in [-0.39, 0.29) is 18.2 Å². The molecule has 1 aliphatic rings. The molecular weight excluding hydrogens is 408 g/mol. The number of carboxylic acids is 1. The lowest BCUT2D eigenvalue weighted by atomic mass is 10.1. The predicted molar refractivity (Wildman–Crippen MR) is 118 cm³/mol. The van der Waals surface area contributed by atoms with E-state index in [0.717, 1.165) is 5.76 Å². The Balaban J connectivity index is 2.18. The summed E-state index contributed by atoms with van der Waals surface area (Å²) in [5.74, 6) is -0.0961. The molecule has 0 amide bonds. The van der Waals surface area contributed by atoms with Crippen molar-refractivity contribution in [3.05, 3.63) is 72.6 Å². The van der Waals surface area contributed by atoms with E-state index in [1.807, 2.05) is 18.2 Å². The van der Waals surface area contributed by atoms with Crippen LogP contribution < -0.4 is 0 Å². The summed E-state index contributed by atoms with van der Waals surface area (Å²) in [6, 6.07) is 0. The number of hydrogen-bond acceptors (Lipinski definition) is 5. The van der Waals surface area contributed by atoms with Crippen LogP contribution in [0.15, 0.2) is 72.6 Å². The zero-order valence-corrected chi connectivity index (χ0v) is 17.6. The number of rotatable bonds is 14. The lowest BCUT2D eigenvalue weighted by Gasteiger charge is -2.15. The fourth-order valence-corrected chi connectivity index (χ4v) is 2.75. The number of aliphatic hydroxyl groups excluding tert-OH is 3. The third-order valence-electron chi connectivity index (χ3n) is 4.18. The van der Waals surface area contributed by atoms with E-state index in [9.17, 15) is 20.1 Å². The fourth-order valence-electron chi connectivity index (χ4n) is 2.51. The summed E-state index contributed by atoms with van der Waals surface area (Å²) < 4.78 is 5.59. The second-order valence-corrected chi connectivity index (χ2v) is 7.39. The summed E-state index contributed by atoms with van der Waals surface area (Å²) in [6.07, 6.45) is 18.1. The summed E-state index contributed by atoms with van der Waals surface area (Å²) in [4.78, 5) is 10.4. The number of carbonyl (C=O) groups is 1. The molecule has 30 heavy (non-hydrogen) atoms. The van der Waals surface area contributed by atoms with Crippen LogP contribution in [0.1, 0.15) is 32.1 Å². The first kappa shape index (κ1) is 25.9. The monoisotopic (exact) mass is 438 g/mol. The minimum atomic E-state index is -1.04. The van der Waals surface area contributed by atoms with E-state index < -0.39 is 24.3 Å². The van der Waals surface area contributed by atoms with E-state index in [4.69, 9.17) is 21.4 Å². The van der Waals surface area contributed by atoms with Crippen LogP contribution in [-0.2, 0) is 9.53 Å². The maximum atomic E-state index is 10.4. The molecule has 7 heteroatoms. The molecule has 1 rings (SSSR count). The molecule has 1 unspecified atom stereocenters. The lowest BCUT2D eigenvalue weighted by molar-refractivity contribution is -0.137. The van der Waals surface area contributed by atoms with Gasteiger partial charge in [-0.25, -0.2) is 0 Å². The summed E-state index contributed by atoms with van der Waals surface area (Å²) >= 11 is 6.01. The van der Waals surface area contributed by atoms with Gasteiger partial charge in [0.2, 0.25) is 0 Å². The minimum Gasteiger partial charge on any atom is -0.498 e. The van der Waals surface area contributed by atoms with Crippen molar-refractivity contribution in [3.63, 3.8) is 0 Å². The van der Waals surface area contributed by atoms with Crippen LogP contribution in [0.5, 0.6) is 0 Å². The Bertz CT molecular complexity index is 677. The second-order valence-electron chi connectivity index (χ2n) is 6.83. The third kappa shape index (κ3) is 13.2. The summed E-state index contributed by atoms with van der Waals surface area (Å²) in [5.41, 5.74) is 0. The fraction of sp³-hybridized carbons (Fsp3) is 0.435. The highest BCUT2D eigenvalue weighted by molar-refractivity contribution is 6.22. The number of ether oxygens (including phenoxy) is 1. The average molecular weight is 439 g/mol. The van der Waals surface area contributed by atoms with Crippen molar-refractivity contribution in [3.8, 4) is 0 Å². The largest absolute Gasteiger partial charge is 0.498 e. The molecule has 0 aromatic carbocycles. The molecule has 0 saturated carbocycles. The maximum absolute atomic E-state index is 10.4. The molecule has 166 valence electrons. The minimum absolute atomic E-state index is 0.0302. The van der Waals surface area contributed by atoms with Gasteiger partial charge >= 0.3 is 5.97 Å². The highest BCUT2D eigenvalue weighted by Crippen LogP contribution is 2.18. The van der Waals surface area contributed by atoms with Crippen LogP contribution in [0.3, 0.4) is 0 Å². The molecule has 0 heterocycles. The molecule has 0 aromatic heterocycles. The Morgan fingerprint density at radius 2 is 1.77 bits per heavy atom. The second kappa shape index (κ2) is 15.7. The normalized spacial score (nSPS) is 20.3. The predicted octanol–water partition coefficient (Wildman–Crippen LogP) is 3.41. The van der Waals surface area contributed by atoms with Crippen LogP contribution in [0.4, 0.5) is 0 Å². The number of halogens is 1. The molecular formula is C23H31ClO6. The van der Waals surface area contributed by atoms with Crippen molar-refractivity contribution in [2.24, 2.45) is 0 Å². The van der Waals surface area contributed by atoms with Crippen molar-refractivity contribution in [1.29, 1.82) is 0 Å². The summed E-state index contributed by atoms with van der Waals surface area (Å²) in [6.45, 7) is 0.410. The number of hydrogen-bond donors (Lipinski definition) is 4. The van der Waals surface area contributed by atoms with Crippen LogP contribution in [0.25, 0.3) is 0 Å². The number of aliphatic hydroxyl groups is 3. The molecule has 4 atom stereocenters. The quantitative estimate of drug-likeness (QED) is 0.244. The Hall–Kier alpha value is -2.12. The van der Waals surface area contributed by atoms with E-state index >= 15 is 0 Å². The molecule has 0 aromatic rings. The molecule has 0 spiro atoms. The number of allylic oxidation sites excluding steroid dienone is 10. The van der Waals surface area contributed by atoms with E-state index in [1.165, 1.54) is 6.08 Å². The highest BCUT2D eigenvalue weighted by Gasteiger charge is 2.13. The van der Waals surface area contributed by atoms with Crippen molar-refractivity contribution in [1.82, 2.24) is 0 Å². The summed E-state index contributed by atoms with van der Waals surface area (Å²) in [7, 11) is 0. The molecule has 4 N–H and O–H groups in total. The Labute approximate surface area is 182 Å². The number of carboxylic acid groups (broad SMARTS) is 1. The van der Waals surface area contributed by atoms with Gasteiger partial charge in [-0.05, 0) is 18.9 Å². The van der Waals surface area contributed by atoms with Gasteiger partial charge in [0, 0.05) is 19.3 Å². The first-order valence-electron chi connectivity index (χ1n) is 9.97. The average Bonchev–Trinajstić information content (AvgIpc) is 2.69. The van der Waals surface area contributed by atoms with Crippen molar-refractivity contribution in [2.45, 2.75) is 55.8 Å². The van der Waals surface area contributed by atoms with Crippen molar-refractivity contribution in [2.75, 3.05) is 6.61 Å². The molecule has 0 radical (unpaired) electrons. The number of aliphatic carboxylic acids is 1. The third-order valence-corrected chi connectivity index (χ3v) is 4.48. The van der Waals surface area contributed by atoms with E-state index in [0.29, 0.717) is 25.9 Å². The molecule has 1 aliphatic carbocycles. The van der Waals surface area contributed by atoms with Gasteiger partial charge in [-0.3, -0.25) is 4.79 Å². The van der Waals surface area contributed by atoms with Gasteiger partial charge in [-0.2, -0.15) is 0 Å². The highest BCUT2D eigenvalue weighted by atomic mass is 35.5. The molecule has 0 saturated heterocycles. The van der Waals surface area contributed by atoms with E-state index in [1.54, 1.807) is 42.5 Å². The van der Waals surface area contributed by atoms with Crippen molar-refractivity contribution >= 4 is 17.6 Å². The topological polar surface area (TPSA) is 107 Å². The molecule has 0 bridgehead atoms. The van der Waals surface area contributed by atoms with Gasteiger partial charge in [0.05, 0.1) is 36.1 Å². The Morgan fingerprint density at radius 3 is 2.43 bits per heavy atom. The SMILES string of the molecule is O=C(O)CCC[C@H](O)[C@H](O)/C=C/C=C/C=C\C=C\[C@H](O)CCOC1=CC=CC(Cl)C1. The van der Waals surface area contributed by atoms with E-state index in [2.05, 4.69) is 0 Å². The Kier molecular flexibility index (Phi) is 13.5. The van der Waals surface area contributed by atoms with Crippen LogP contribution >= 0.6 is 11.6 Å². The standard InChI is InChI=1S/C23H31ClO6/c24-18-9-7-11-20(17-18)30-16-15-19(25)10-5-3-1-2-4-6-12-21(26)22(27)13-8-14-23(28)29/h1-7,9-12,18-19,21-22,25-27H,8,13-17H2,(H,28,29)/b3-1-,4-2+,10-5+,12-6+/t18?,19-,21+,22-/m0/s1. The smallest absolute Gasteiger partial charge is 0.303 e. The van der Waals surface area contributed by atoms with Crippen LogP contribution in [0, 0.1) is 0 Å². The van der Waals surface area contributed by atoms with Gasteiger partial charge in [0.15, 0.2) is 0 Å². The van der Waals surface area contributed by atoms with Gasteiger partial charge in [-0.15, -0.1) is 11.6 Å². The number of alkyl halides is 1. The van der Waals surface area contributed by atoms with Gasteiger partial charge in [0.1, 0.15) is 0 Å². The zero-order chi connectivity index (χ0) is 22.2. The summed E-state index contributed by atoms with van der Waals surface area (Å²) in [5, 5.41) is 37.9. The van der Waals surface area contributed by atoms with Gasteiger partial charge < -0.3 is 25.2 Å². The molecule has 0 aliphatic heterocycles. The van der Waals surface area contributed by atoms with Gasteiger partial charge in [-0.1, -0.05) is 60.8 Å². The first-order chi connectivity index (χ1) is 14.4. The Morgan fingerprint density at radius 1 is 1.10 bits per heavy atom. The maximum Gasteiger partial charge on any atom is 0.303 e. The first-order valence-corrected chi connectivity index (χ1v) is 10.4. The molecule has 0 fully saturated rings. The van der Waals surface area contributed by atoms with Crippen LogP contribution in [-0.4, -0.2) is 56.7 Å². The molecule has 6 nitrogen and oxygen atoms in total. The zero-order valence-electron chi connectivity index (χ0n) is 16.9.